The molecule has 1 atom stereocenters. The van der Waals surface area contributed by atoms with Crippen molar-refractivity contribution in [1.82, 2.24) is 9.88 Å². The number of ether oxygens (including phenoxy) is 1. The molecule has 2 aliphatic heterocycles. The Morgan fingerprint density at radius 3 is 2.69 bits per heavy atom. The summed E-state index contributed by atoms with van der Waals surface area (Å²) >= 11 is 0. The third kappa shape index (κ3) is 5.30. The summed E-state index contributed by atoms with van der Waals surface area (Å²) < 4.78 is 6.13. The van der Waals surface area contributed by atoms with E-state index in [-0.39, 0.29) is 5.91 Å². The van der Waals surface area contributed by atoms with Crippen LogP contribution in [0.2, 0.25) is 0 Å². The van der Waals surface area contributed by atoms with Gasteiger partial charge >= 0.3 is 0 Å². The zero-order valence-electron chi connectivity index (χ0n) is 19.6. The van der Waals surface area contributed by atoms with E-state index in [4.69, 9.17) is 9.73 Å². The van der Waals surface area contributed by atoms with Gasteiger partial charge < -0.3 is 35.5 Å². The zero-order chi connectivity index (χ0) is 24.2. The van der Waals surface area contributed by atoms with Crippen molar-refractivity contribution in [3.63, 3.8) is 0 Å². The largest absolute Gasteiger partial charge is 0.438 e. The van der Waals surface area contributed by atoms with Crippen molar-refractivity contribution in [2.75, 3.05) is 54.1 Å². The number of benzene rings is 2. The second kappa shape index (κ2) is 9.94. The molecule has 180 valence electrons. The van der Waals surface area contributed by atoms with Crippen LogP contribution in [0, 0.1) is 0 Å². The minimum absolute atomic E-state index is 0.280. The molecule has 5 rings (SSSR count). The van der Waals surface area contributed by atoms with Crippen molar-refractivity contribution in [3.05, 3.63) is 79.0 Å². The molecule has 0 aliphatic carbocycles. The summed E-state index contributed by atoms with van der Waals surface area (Å²) in [4.78, 5) is 24.3. The van der Waals surface area contributed by atoms with E-state index in [0.29, 0.717) is 17.3 Å². The number of likely N-dealkylation sites (N-methyl/N-ethyl adjacent to an activating group) is 1. The third-order valence-electron chi connectivity index (χ3n) is 6.05. The Morgan fingerprint density at radius 1 is 1.11 bits per heavy atom. The highest BCUT2D eigenvalue weighted by Crippen LogP contribution is 2.26. The normalized spacial score (nSPS) is 17.6. The lowest BCUT2D eigenvalue weighted by Gasteiger charge is -2.34. The van der Waals surface area contributed by atoms with Gasteiger partial charge in [0.2, 0.25) is 11.8 Å². The van der Waals surface area contributed by atoms with Crippen molar-refractivity contribution >= 4 is 34.7 Å². The number of anilines is 4. The van der Waals surface area contributed by atoms with Crippen molar-refractivity contribution in [3.8, 4) is 5.75 Å². The molecule has 0 radical (unpaired) electrons. The van der Waals surface area contributed by atoms with Crippen LogP contribution < -0.4 is 25.6 Å². The highest BCUT2D eigenvalue weighted by atomic mass is 16.5. The molecule has 3 aromatic rings. The number of fused-ring (bicyclic) bond motifs is 1. The van der Waals surface area contributed by atoms with Gasteiger partial charge in [0.05, 0.1) is 5.56 Å². The predicted octanol–water partition coefficient (Wildman–Crippen LogP) is 3.54. The Bertz CT molecular complexity index is 1230. The highest BCUT2D eigenvalue weighted by molar-refractivity contribution is 6.02. The van der Waals surface area contributed by atoms with Crippen LogP contribution >= 0.6 is 0 Å². The van der Waals surface area contributed by atoms with Gasteiger partial charge in [-0.05, 0) is 55.6 Å². The molecule has 1 amide bonds. The van der Waals surface area contributed by atoms with Crippen molar-refractivity contribution in [2.24, 2.45) is 4.99 Å². The van der Waals surface area contributed by atoms with E-state index in [1.807, 2.05) is 24.4 Å². The SMILES string of the molecule is C=CC(=O)Nc1cccc(OC2=NC(Nc3ccc(N4CCN(C)CC4)cc3)Nc3[nH]ccc32)c1. The lowest BCUT2D eigenvalue weighted by molar-refractivity contribution is -0.111. The molecule has 1 unspecified atom stereocenters. The number of aromatic nitrogens is 1. The second-order valence-electron chi connectivity index (χ2n) is 8.55. The number of aliphatic imine (C=N–C) groups is 1. The number of H-pyrrole nitrogens is 1. The van der Waals surface area contributed by atoms with Gasteiger partial charge in [0.15, 0.2) is 6.29 Å². The first-order valence-corrected chi connectivity index (χ1v) is 11.6. The van der Waals surface area contributed by atoms with Crippen LogP contribution in [0.3, 0.4) is 0 Å². The molecule has 35 heavy (non-hydrogen) atoms. The molecule has 0 bridgehead atoms. The number of aromatic amines is 1. The monoisotopic (exact) mass is 471 g/mol. The number of carbonyl (C=O) groups excluding carboxylic acids is 1. The standard InChI is InChI=1S/C26H29N7O2/c1-3-23(34)28-19-5-4-6-21(17-19)35-25-22-11-12-27-24(22)30-26(31-25)29-18-7-9-20(10-8-18)33-15-13-32(2)14-16-33/h3-12,17,26-27,29-30H,1,13-16H2,2H3,(H,28,34). The van der Waals surface area contributed by atoms with Crippen LogP contribution in [0.25, 0.3) is 0 Å². The van der Waals surface area contributed by atoms with Gasteiger partial charge in [-0.3, -0.25) is 4.79 Å². The minimum Gasteiger partial charge on any atom is -0.438 e. The first-order valence-electron chi connectivity index (χ1n) is 11.6. The van der Waals surface area contributed by atoms with E-state index in [2.05, 4.69) is 68.6 Å². The van der Waals surface area contributed by atoms with E-state index in [1.165, 1.54) is 11.8 Å². The van der Waals surface area contributed by atoms with Gasteiger partial charge in [-0.15, -0.1) is 0 Å². The predicted molar refractivity (Wildman–Crippen MR) is 140 cm³/mol. The number of amides is 1. The van der Waals surface area contributed by atoms with E-state index in [9.17, 15) is 4.79 Å². The lowest BCUT2D eigenvalue weighted by atomic mass is 10.2. The topological polar surface area (TPSA) is 97.0 Å². The number of nitrogens with zero attached hydrogens (tertiary/aromatic N) is 3. The van der Waals surface area contributed by atoms with Crippen molar-refractivity contribution in [2.45, 2.75) is 6.29 Å². The molecule has 1 saturated heterocycles. The van der Waals surface area contributed by atoms with Crippen LogP contribution in [0.4, 0.5) is 22.9 Å². The van der Waals surface area contributed by atoms with Gasteiger partial charge in [-0.1, -0.05) is 12.6 Å². The minimum atomic E-state index is -0.422. The Hall–Kier alpha value is -4.24. The van der Waals surface area contributed by atoms with Crippen LogP contribution in [-0.2, 0) is 4.79 Å². The summed E-state index contributed by atoms with van der Waals surface area (Å²) in [6.07, 6.45) is 2.64. The maximum Gasteiger partial charge on any atom is 0.247 e. The molecule has 1 aromatic heterocycles. The third-order valence-corrected chi connectivity index (χ3v) is 6.05. The smallest absolute Gasteiger partial charge is 0.247 e. The number of piperazine rings is 1. The van der Waals surface area contributed by atoms with Gasteiger partial charge in [-0.25, -0.2) is 4.99 Å². The van der Waals surface area contributed by atoms with Crippen molar-refractivity contribution < 1.29 is 9.53 Å². The number of hydrogen-bond donors (Lipinski definition) is 4. The molecule has 1 fully saturated rings. The number of carbonyl (C=O) groups is 1. The van der Waals surface area contributed by atoms with Gasteiger partial charge in [0, 0.05) is 55.5 Å². The summed E-state index contributed by atoms with van der Waals surface area (Å²) in [5, 5.41) is 9.51. The average molecular weight is 472 g/mol. The van der Waals surface area contributed by atoms with Gasteiger partial charge in [-0.2, -0.15) is 0 Å². The lowest BCUT2D eigenvalue weighted by Crippen LogP contribution is -2.44. The Kier molecular flexibility index (Phi) is 6.40. The first kappa shape index (κ1) is 22.5. The average Bonchev–Trinajstić information content (AvgIpc) is 3.34. The van der Waals surface area contributed by atoms with Crippen LogP contribution in [0.1, 0.15) is 5.56 Å². The van der Waals surface area contributed by atoms with Crippen LogP contribution in [-0.4, -0.2) is 61.2 Å². The Morgan fingerprint density at radius 2 is 1.91 bits per heavy atom. The summed E-state index contributed by atoms with van der Waals surface area (Å²) in [6.45, 7) is 7.70. The maximum absolute atomic E-state index is 11.6. The summed E-state index contributed by atoms with van der Waals surface area (Å²) in [6, 6.07) is 17.5. The Balaban J connectivity index is 1.30. The van der Waals surface area contributed by atoms with Gasteiger partial charge in [0.25, 0.3) is 0 Å². The highest BCUT2D eigenvalue weighted by Gasteiger charge is 2.23. The number of hydrogen-bond acceptors (Lipinski definition) is 7. The fourth-order valence-electron chi connectivity index (χ4n) is 4.11. The molecule has 9 nitrogen and oxygen atoms in total. The molecule has 2 aliphatic rings. The molecule has 0 spiro atoms. The first-order chi connectivity index (χ1) is 17.1. The molecular weight excluding hydrogens is 442 g/mol. The van der Waals surface area contributed by atoms with Gasteiger partial charge in [0.1, 0.15) is 11.6 Å². The zero-order valence-corrected chi connectivity index (χ0v) is 19.6. The quantitative estimate of drug-likeness (QED) is 0.411. The fourth-order valence-corrected chi connectivity index (χ4v) is 4.11. The number of nitrogens with one attached hydrogen (secondary N) is 4. The summed E-state index contributed by atoms with van der Waals surface area (Å²) in [5.74, 6) is 1.57. The molecule has 2 aromatic carbocycles. The molecule has 4 N–H and O–H groups in total. The Labute approximate surface area is 204 Å². The molecule has 0 saturated carbocycles. The molecule has 3 heterocycles. The van der Waals surface area contributed by atoms with E-state index < -0.39 is 6.29 Å². The second-order valence-corrected chi connectivity index (χ2v) is 8.55. The summed E-state index contributed by atoms with van der Waals surface area (Å²) in [5.41, 5.74) is 3.62. The van der Waals surface area contributed by atoms with Crippen LogP contribution in [0.15, 0.2) is 78.4 Å². The van der Waals surface area contributed by atoms with Crippen molar-refractivity contribution in [1.29, 1.82) is 0 Å². The van der Waals surface area contributed by atoms with E-state index in [0.717, 1.165) is 43.2 Å². The maximum atomic E-state index is 11.6. The van der Waals surface area contributed by atoms with Crippen LogP contribution in [0.5, 0.6) is 5.75 Å². The molecule has 9 heteroatoms. The van der Waals surface area contributed by atoms with E-state index in [1.54, 1.807) is 12.1 Å². The number of rotatable bonds is 6. The summed E-state index contributed by atoms with van der Waals surface area (Å²) in [7, 11) is 2.16. The molecular formula is C26H29N7O2. The fraction of sp³-hybridized carbons (Fsp3) is 0.231. The van der Waals surface area contributed by atoms with E-state index >= 15 is 0 Å².